The molecule has 1 aliphatic rings. The summed E-state index contributed by atoms with van der Waals surface area (Å²) in [6, 6.07) is 0. The first-order valence-electron chi connectivity index (χ1n) is 6.45. The third-order valence-electron chi connectivity index (χ3n) is 4.06. The van der Waals surface area contributed by atoms with Crippen molar-refractivity contribution in [3.63, 3.8) is 0 Å². The van der Waals surface area contributed by atoms with Gasteiger partial charge in [0.15, 0.2) is 5.79 Å². The summed E-state index contributed by atoms with van der Waals surface area (Å²) in [5.74, 6) is -0.689. The highest BCUT2D eigenvalue weighted by molar-refractivity contribution is 5.76. The van der Waals surface area contributed by atoms with E-state index in [0.29, 0.717) is 6.42 Å². The maximum absolute atomic E-state index is 11.7. The first-order valence-corrected chi connectivity index (χ1v) is 6.45. The zero-order valence-electron chi connectivity index (χ0n) is 11.5. The van der Waals surface area contributed by atoms with Crippen molar-refractivity contribution in [1.82, 2.24) is 5.32 Å². The molecule has 17 heavy (non-hydrogen) atoms. The first kappa shape index (κ1) is 14.5. The second kappa shape index (κ2) is 5.83. The highest BCUT2D eigenvalue weighted by atomic mass is 16.7. The van der Waals surface area contributed by atoms with Gasteiger partial charge in [0.2, 0.25) is 5.91 Å². The number of amides is 1. The SMILES string of the molecule is CCC(=O)NC1(C(C)(OC)OC)CCCCC1. The Morgan fingerprint density at radius 1 is 1.24 bits per heavy atom. The van der Waals surface area contributed by atoms with Gasteiger partial charge in [-0.25, -0.2) is 0 Å². The van der Waals surface area contributed by atoms with Gasteiger partial charge in [-0.15, -0.1) is 0 Å². The maximum Gasteiger partial charge on any atom is 0.220 e. The molecule has 1 amide bonds. The van der Waals surface area contributed by atoms with Crippen LogP contribution in [0.5, 0.6) is 0 Å². The molecular formula is C13H25NO3. The third-order valence-corrected chi connectivity index (χ3v) is 4.06. The van der Waals surface area contributed by atoms with Crippen LogP contribution < -0.4 is 5.32 Å². The highest BCUT2D eigenvalue weighted by Gasteiger charge is 2.50. The number of carbonyl (C=O) groups is 1. The second-order valence-electron chi connectivity index (χ2n) is 4.90. The molecule has 0 spiro atoms. The predicted molar refractivity (Wildman–Crippen MR) is 66.7 cm³/mol. The van der Waals surface area contributed by atoms with Crippen molar-refractivity contribution in [3.05, 3.63) is 0 Å². The number of hydrogen-bond donors (Lipinski definition) is 1. The van der Waals surface area contributed by atoms with Gasteiger partial charge in [-0.05, 0) is 19.8 Å². The zero-order chi connectivity index (χ0) is 12.9. The minimum absolute atomic E-state index is 0.0622. The molecular weight excluding hydrogens is 218 g/mol. The third kappa shape index (κ3) is 2.80. The topological polar surface area (TPSA) is 47.6 Å². The molecule has 1 rings (SSSR count). The van der Waals surface area contributed by atoms with E-state index in [1.165, 1.54) is 6.42 Å². The molecule has 1 fully saturated rings. The van der Waals surface area contributed by atoms with Crippen molar-refractivity contribution in [1.29, 1.82) is 0 Å². The number of hydrogen-bond acceptors (Lipinski definition) is 3. The summed E-state index contributed by atoms with van der Waals surface area (Å²) in [5, 5.41) is 3.14. The number of rotatable bonds is 5. The lowest BCUT2D eigenvalue weighted by atomic mass is 9.75. The Balaban J connectivity index is 2.95. The fraction of sp³-hybridized carbons (Fsp3) is 0.923. The molecule has 0 aromatic rings. The van der Waals surface area contributed by atoms with E-state index in [9.17, 15) is 4.79 Å². The van der Waals surface area contributed by atoms with Crippen molar-refractivity contribution in [2.24, 2.45) is 0 Å². The average molecular weight is 243 g/mol. The van der Waals surface area contributed by atoms with Crippen LogP contribution >= 0.6 is 0 Å². The lowest BCUT2D eigenvalue weighted by Gasteiger charge is -2.49. The lowest BCUT2D eigenvalue weighted by molar-refractivity contribution is -0.248. The standard InChI is InChI=1S/C13H25NO3/c1-5-11(15)14-13(9-7-6-8-10-13)12(2,16-3)17-4/h5-10H2,1-4H3,(H,14,15). The fourth-order valence-corrected chi connectivity index (χ4v) is 2.68. The Kier molecular flexibility index (Phi) is 4.95. The van der Waals surface area contributed by atoms with Gasteiger partial charge in [0.1, 0.15) is 0 Å². The van der Waals surface area contributed by atoms with Gasteiger partial charge in [0, 0.05) is 20.6 Å². The van der Waals surface area contributed by atoms with Gasteiger partial charge < -0.3 is 14.8 Å². The Morgan fingerprint density at radius 3 is 2.18 bits per heavy atom. The summed E-state index contributed by atoms with van der Waals surface area (Å²) < 4.78 is 11.1. The molecule has 0 unspecified atom stereocenters. The molecule has 4 nitrogen and oxygen atoms in total. The van der Waals surface area contributed by atoms with Crippen LogP contribution in [-0.4, -0.2) is 31.5 Å². The molecule has 1 saturated carbocycles. The van der Waals surface area contributed by atoms with Crippen molar-refractivity contribution in [2.45, 2.75) is 63.7 Å². The monoisotopic (exact) mass is 243 g/mol. The van der Waals surface area contributed by atoms with E-state index in [0.717, 1.165) is 25.7 Å². The van der Waals surface area contributed by atoms with Crippen LogP contribution in [0.15, 0.2) is 0 Å². The van der Waals surface area contributed by atoms with Crippen LogP contribution in [0.2, 0.25) is 0 Å². The van der Waals surface area contributed by atoms with Crippen molar-refractivity contribution in [2.75, 3.05) is 14.2 Å². The summed E-state index contributed by atoms with van der Waals surface area (Å²) in [5.41, 5.74) is -0.387. The molecule has 0 aliphatic heterocycles. The van der Waals surface area contributed by atoms with Crippen LogP contribution in [0.25, 0.3) is 0 Å². The molecule has 0 heterocycles. The summed E-state index contributed by atoms with van der Waals surface area (Å²) in [4.78, 5) is 11.7. The number of carbonyl (C=O) groups excluding carboxylic acids is 1. The summed E-state index contributed by atoms with van der Waals surface area (Å²) in [7, 11) is 3.27. The van der Waals surface area contributed by atoms with Gasteiger partial charge in [0.05, 0.1) is 5.54 Å². The van der Waals surface area contributed by atoms with E-state index in [-0.39, 0.29) is 11.4 Å². The second-order valence-corrected chi connectivity index (χ2v) is 4.90. The van der Waals surface area contributed by atoms with Gasteiger partial charge >= 0.3 is 0 Å². The van der Waals surface area contributed by atoms with Crippen LogP contribution in [-0.2, 0) is 14.3 Å². The number of nitrogens with one attached hydrogen (secondary N) is 1. The molecule has 1 aliphatic carbocycles. The largest absolute Gasteiger partial charge is 0.351 e. The summed E-state index contributed by atoms with van der Waals surface area (Å²) in [6.07, 6.45) is 5.74. The lowest BCUT2D eigenvalue weighted by Crippen LogP contribution is -2.65. The Hall–Kier alpha value is -0.610. The van der Waals surface area contributed by atoms with Crippen LogP contribution in [0, 0.1) is 0 Å². The average Bonchev–Trinajstić information content (AvgIpc) is 2.38. The maximum atomic E-state index is 11.7. The van der Waals surface area contributed by atoms with E-state index in [1.807, 2.05) is 13.8 Å². The number of ether oxygens (including phenoxy) is 2. The molecule has 0 bridgehead atoms. The van der Waals surface area contributed by atoms with E-state index < -0.39 is 5.79 Å². The Morgan fingerprint density at radius 2 is 1.76 bits per heavy atom. The quantitative estimate of drug-likeness (QED) is 0.753. The molecule has 0 atom stereocenters. The molecule has 0 aromatic heterocycles. The van der Waals surface area contributed by atoms with Gasteiger partial charge in [-0.1, -0.05) is 26.2 Å². The molecule has 1 N–H and O–H groups in total. The molecule has 0 radical (unpaired) electrons. The van der Waals surface area contributed by atoms with Crippen molar-refractivity contribution >= 4 is 5.91 Å². The summed E-state index contributed by atoms with van der Waals surface area (Å²) >= 11 is 0. The minimum atomic E-state index is -0.752. The van der Waals surface area contributed by atoms with E-state index in [1.54, 1.807) is 14.2 Å². The van der Waals surface area contributed by atoms with E-state index in [2.05, 4.69) is 5.32 Å². The molecule has 4 heteroatoms. The molecule has 0 aromatic carbocycles. The van der Waals surface area contributed by atoms with E-state index in [4.69, 9.17) is 9.47 Å². The zero-order valence-corrected chi connectivity index (χ0v) is 11.5. The van der Waals surface area contributed by atoms with Crippen LogP contribution in [0.1, 0.15) is 52.4 Å². The predicted octanol–water partition coefficient (Wildman–Crippen LogP) is 2.22. The summed E-state index contributed by atoms with van der Waals surface area (Å²) in [6.45, 7) is 3.77. The fourth-order valence-electron chi connectivity index (χ4n) is 2.68. The number of methoxy groups -OCH3 is 2. The van der Waals surface area contributed by atoms with Crippen LogP contribution in [0.3, 0.4) is 0 Å². The van der Waals surface area contributed by atoms with E-state index >= 15 is 0 Å². The Labute approximate surface area is 104 Å². The molecule has 100 valence electrons. The van der Waals surface area contributed by atoms with Gasteiger partial charge in [-0.2, -0.15) is 0 Å². The van der Waals surface area contributed by atoms with Crippen LogP contribution in [0.4, 0.5) is 0 Å². The highest BCUT2D eigenvalue weighted by Crippen LogP contribution is 2.39. The Bertz CT molecular complexity index is 255. The van der Waals surface area contributed by atoms with Gasteiger partial charge in [0.25, 0.3) is 0 Å². The first-order chi connectivity index (χ1) is 8.03. The minimum Gasteiger partial charge on any atom is -0.351 e. The molecule has 0 saturated heterocycles. The van der Waals surface area contributed by atoms with Gasteiger partial charge in [-0.3, -0.25) is 4.79 Å². The van der Waals surface area contributed by atoms with Crippen molar-refractivity contribution < 1.29 is 14.3 Å². The van der Waals surface area contributed by atoms with Crippen molar-refractivity contribution in [3.8, 4) is 0 Å². The smallest absolute Gasteiger partial charge is 0.220 e. The normalized spacial score (nSPS) is 20.0.